The van der Waals surface area contributed by atoms with Gasteiger partial charge in [0.2, 0.25) is 0 Å². The van der Waals surface area contributed by atoms with Gasteiger partial charge in [0.1, 0.15) is 16.5 Å². The number of nitrogens with one attached hydrogen (secondary N) is 1. The Bertz CT molecular complexity index is 1590. The van der Waals surface area contributed by atoms with Gasteiger partial charge >= 0.3 is 6.18 Å². The highest BCUT2D eigenvalue weighted by molar-refractivity contribution is 7.98. The Morgan fingerprint density at radius 3 is 2.58 bits per heavy atom. The van der Waals surface area contributed by atoms with E-state index < -0.39 is 23.5 Å². The van der Waals surface area contributed by atoms with Crippen LogP contribution in [-0.2, 0) is 11.9 Å². The summed E-state index contributed by atoms with van der Waals surface area (Å²) in [6.07, 6.45) is -1.41. The van der Waals surface area contributed by atoms with Crippen LogP contribution < -0.4 is 5.32 Å². The van der Waals surface area contributed by atoms with Gasteiger partial charge in [0.05, 0.1) is 22.7 Å². The fraction of sp³-hybridized carbons (Fsp3) is 0.0800. The molecule has 0 bridgehead atoms. The van der Waals surface area contributed by atoms with E-state index in [0.717, 1.165) is 12.1 Å². The number of amides is 1. The molecule has 13 heteroatoms. The highest BCUT2D eigenvalue weighted by Gasteiger charge is 2.31. The van der Waals surface area contributed by atoms with Crippen LogP contribution in [0.4, 0.5) is 23.2 Å². The average molecular weight is 557 g/mol. The minimum Gasteiger partial charge on any atom is -0.318 e. The zero-order chi connectivity index (χ0) is 26.7. The van der Waals surface area contributed by atoms with Gasteiger partial charge in [-0.1, -0.05) is 30.0 Å². The van der Waals surface area contributed by atoms with Crippen LogP contribution >= 0.6 is 23.1 Å². The van der Waals surface area contributed by atoms with E-state index in [1.54, 1.807) is 42.0 Å². The van der Waals surface area contributed by atoms with E-state index in [0.29, 0.717) is 21.6 Å². The number of carbonyl (C=O) groups is 1. The van der Waals surface area contributed by atoms with E-state index >= 15 is 0 Å². The Morgan fingerprint density at radius 1 is 1.03 bits per heavy atom. The van der Waals surface area contributed by atoms with Crippen LogP contribution in [0.3, 0.4) is 0 Å². The summed E-state index contributed by atoms with van der Waals surface area (Å²) < 4.78 is 55.6. The summed E-state index contributed by atoms with van der Waals surface area (Å²) in [4.78, 5) is 20.8. The quantitative estimate of drug-likeness (QED) is 0.182. The van der Waals surface area contributed by atoms with Crippen molar-refractivity contribution in [2.24, 2.45) is 0 Å². The molecule has 7 nitrogen and oxygen atoms in total. The van der Waals surface area contributed by atoms with Crippen LogP contribution in [0.25, 0.3) is 17.1 Å². The molecule has 0 radical (unpaired) electrons. The van der Waals surface area contributed by atoms with Crippen molar-refractivity contribution in [3.63, 3.8) is 0 Å². The van der Waals surface area contributed by atoms with E-state index in [4.69, 9.17) is 0 Å². The van der Waals surface area contributed by atoms with Crippen molar-refractivity contribution in [1.29, 1.82) is 0 Å². The molecular weight excluding hydrogens is 540 g/mol. The SMILES string of the molecule is O=C(Nc1ccccc1F)c1csc(CSc2nnc(-c3ccncc3)n2-c2cccc(C(F)(F)F)c2)n1. The first-order chi connectivity index (χ1) is 18.3. The predicted molar refractivity (Wildman–Crippen MR) is 136 cm³/mol. The maximum Gasteiger partial charge on any atom is 0.416 e. The molecule has 2 aromatic carbocycles. The van der Waals surface area contributed by atoms with Crippen molar-refractivity contribution < 1.29 is 22.4 Å². The van der Waals surface area contributed by atoms with E-state index in [1.165, 1.54) is 51.9 Å². The van der Waals surface area contributed by atoms with Gasteiger partial charge in [0.25, 0.3) is 5.91 Å². The minimum absolute atomic E-state index is 0.0410. The highest BCUT2D eigenvalue weighted by Crippen LogP contribution is 2.34. The lowest BCUT2D eigenvalue weighted by Crippen LogP contribution is -2.13. The molecule has 0 saturated heterocycles. The van der Waals surface area contributed by atoms with Gasteiger partial charge in [0.15, 0.2) is 11.0 Å². The molecule has 5 aromatic rings. The number of thioether (sulfide) groups is 1. The lowest BCUT2D eigenvalue weighted by atomic mass is 10.2. The summed E-state index contributed by atoms with van der Waals surface area (Å²) in [6, 6.07) is 14.1. The number of aromatic nitrogens is 5. The first-order valence-electron chi connectivity index (χ1n) is 11.0. The van der Waals surface area contributed by atoms with Gasteiger partial charge in [-0.05, 0) is 42.5 Å². The molecule has 1 N–H and O–H groups in total. The summed E-state index contributed by atoms with van der Waals surface area (Å²) in [7, 11) is 0. The van der Waals surface area contributed by atoms with Gasteiger partial charge in [-0.3, -0.25) is 14.3 Å². The number of hydrogen-bond donors (Lipinski definition) is 1. The highest BCUT2D eigenvalue weighted by atomic mass is 32.2. The zero-order valence-electron chi connectivity index (χ0n) is 19.2. The molecule has 0 atom stereocenters. The van der Waals surface area contributed by atoms with Crippen molar-refractivity contribution in [2.45, 2.75) is 17.1 Å². The largest absolute Gasteiger partial charge is 0.416 e. The summed E-state index contributed by atoms with van der Waals surface area (Å²) in [5, 5.41) is 13.4. The summed E-state index contributed by atoms with van der Waals surface area (Å²) in [5.74, 6) is -0.510. The van der Waals surface area contributed by atoms with Crippen LogP contribution in [0.5, 0.6) is 0 Å². The van der Waals surface area contributed by atoms with Crippen LogP contribution in [0, 0.1) is 5.82 Å². The molecule has 0 unspecified atom stereocenters. The Hall–Kier alpha value is -4.10. The summed E-state index contributed by atoms with van der Waals surface area (Å²) >= 11 is 2.43. The number of pyridine rings is 1. The minimum atomic E-state index is -4.52. The number of benzene rings is 2. The smallest absolute Gasteiger partial charge is 0.318 e. The van der Waals surface area contributed by atoms with Crippen molar-refractivity contribution in [2.75, 3.05) is 5.32 Å². The molecule has 38 heavy (non-hydrogen) atoms. The molecule has 0 aliphatic carbocycles. The van der Waals surface area contributed by atoms with Crippen LogP contribution in [0.2, 0.25) is 0 Å². The number of thiazole rings is 1. The third-order valence-electron chi connectivity index (χ3n) is 5.23. The Balaban J connectivity index is 1.40. The number of halogens is 4. The van der Waals surface area contributed by atoms with Gasteiger partial charge in [-0.25, -0.2) is 9.37 Å². The second kappa shape index (κ2) is 10.7. The fourth-order valence-corrected chi connectivity index (χ4v) is 5.21. The van der Waals surface area contributed by atoms with Crippen molar-refractivity contribution in [3.05, 3.63) is 101 Å². The first kappa shape index (κ1) is 25.5. The molecular formula is C25H16F4N6OS2. The molecule has 0 fully saturated rings. The number of para-hydroxylation sites is 1. The third kappa shape index (κ3) is 5.58. The predicted octanol–water partition coefficient (Wildman–Crippen LogP) is 6.49. The number of nitrogens with zero attached hydrogens (tertiary/aromatic N) is 5. The van der Waals surface area contributed by atoms with Crippen molar-refractivity contribution >= 4 is 34.7 Å². The molecule has 1 amide bonds. The second-order valence-corrected chi connectivity index (χ2v) is 9.66. The summed E-state index contributed by atoms with van der Waals surface area (Å²) in [6.45, 7) is 0. The molecule has 3 heterocycles. The van der Waals surface area contributed by atoms with E-state index in [2.05, 4.69) is 25.5 Å². The molecule has 192 valence electrons. The number of rotatable bonds is 7. The molecule has 0 aliphatic rings. The molecule has 3 aromatic heterocycles. The number of alkyl halides is 3. The lowest BCUT2D eigenvalue weighted by molar-refractivity contribution is -0.137. The summed E-state index contributed by atoms with van der Waals surface area (Å²) in [5.41, 5.74) is 0.219. The second-order valence-electron chi connectivity index (χ2n) is 7.77. The van der Waals surface area contributed by atoms with Gasteiger partial charge in [-0.15, -0.1) is 21.5 Å². The number of carbonyl (C=O) groups excluding carboxylic acids is 1. The maximum absolute atomic E-state index is 13.9. The normalized spacial score (nSPS) is 11.5. The van der Waals surface area contributed by atoms with E-state index in [1.807, 2.05) is 0 Å². The maximum atomic E-state index is 13.9. The zero-order valence-corrected chi connectivity index (χ0v) is 20.8. The number of hydrogen-bond acceptors (Lipinski definition) is 7. The molecule has 0 aliphatic heterocycles. The van der Waals surface area contributed by atoms with Gasteiger partial charge in [-0.2, -0.15) is 13.2 Å². The topological polar surface area (TPSA) is 85.6 Å². The van der Waals surface area contributed by atoms with Crippen molar-refractivity contribution in [1.82, 2.24) is 24.7 Å². The van der Waals surface area contributed by atoms with Gasteiger partial charge in [0, 0.05) is 23.3 Å². The fourth-order valence-electron chi connectivity index (χ4n) is 3.46. The first-order valence-corrected chi connectivity index (χ1v) is 12.8. The van der Waals surface area contributed by atoms with E-state index in [9.17, 15) is 22.4 Å². The van der Waals surface area contributed by atoms with Crippen LogP contribution in [-0.4, -0.2) is 30.6 Å². The molecule has 0 saturated carbocycles. The van der Waals surface area contributed by atoms with E-state index in [-0.39, 0.29) is 22.8 Å². The molecule has 0 spiro atoms. The third-order valence-corrected chi connectivity index (χ3v) is 7.21. The van der Waals surface area contributed by atoms with Gasteiger partial charge < -0.3 is 5.32 Å². The number of anilines is 1. The average Bonchev–Trinajstić information content (AvgIpc) is 3.56. The molecule has 5 rings (SSSR count). The van der Waals surface area contributed by atoms with Crippen molar-refractivity contribution in [3.8, 4) is 17.1 Å². The standard InChI is InChI=1S/C25H16F4N6OS2/c26-18-6-1-2-7-19(18)32-23(36)20-13-37-21(31-20)14-38-24-34-33-22(15-8-10-30-11-9-15)35(24)17-5-3-4-16(12-17)25(27,28)29/h1-13H,14H2,(H,32,36). The Kier molecular flexibility index (Phi) is 7.20. The Morgan fingerprint density at radius 2 is 1.82 bits per heavy atom. The monoisotopic (exact) mass is 556 g/mol. The van der Waals surface area contributed by atoms with Crippen LogP contribution in [0.1, 0.15) is 21.1 Å². The Labute approximate surface area is 221 Å². The van der Waals surface area contributed by atoms with Crippen LogP contribution in [0.15, 0.2) is 83.6 Å². The lowest BCUT2D eigenvalue weighted by Gasteiger charge is -2.13.